The Morgan fingerprint density at radius 2 is 1.82 bits per heavy atom. The van der Waals surface area contributed by atoms with Crippen LogP contribution in [0.3, 0.4) is 0 Å². The molecule has 68 valence electrons. The molecule has 2 nitrogen and oxygen atoms in total. The van der Waals surface area contributed by atoms with Crippen LogP contribution in [0.4, 0.5) is 0 Å². The minimum atomic E-state index is -2.87. The molecule has 0 aromatic heterocycles. The molecule has 2 atom stereocenters. The zero-order valence-electron chi connectivity index (χ0n) is 7.87. The Morgan fingerprint density at radius 3 is 2.09 bits per heavy atom. The highest BCUT2D eigenvalue weighted by molar-refractivity contribution is 7.59. The molecule has 0 aliphatic heterocycles. The Bertz CT molecular complexity index is 154. The lowest BCUT2D eigenvalue weighted by Crippen LogP contribution is -2.10. The normalized spacial score (nSPS) is 19.8. The molecule has 3 heteroatoms. The van der Waals surface area contributed by atoms with Gasteiger partial charge in [0.15, 0.2) is 0 Å². The summed E-state index contributed by atoms with van der Waals surface area (Å²) >= 11 is 0. The topological polar surface area (TPSA) is 37.3 Å². The van der Waals surface area contributed by atoms with Crippen molar-refractivity contribution in [3.05, 3.63) is 0 Å². The standard InChI is InChI=1S/C8H19O2P/c1-5-6-8(4)11(9,10)7(2)3/h7-8H,5-6H2,1-4H3,(H,9,10). The van der Waals surface area contributed by atoms with E-state index in [0.717, 1.165) is 12.8 Å². The van der Waals surface area contributed by atoms with Gasteiger partial charge in [0.25, 0.3) is 0 Å². The number of rotatable bonds is 4. The van der Waals surface area contributed by atoms with Crippen LogP contribution in [-0.2, 0) is 4.57 Å². The van der Waals surface area contributed by atoms with E-state index in [9.17, 15) is 9.46 Å². The lowest BCUT2D eigenvalue weighted by Gasteiger charge is -2.21. The fourth-order valence-electron chi connectivity index (χ4n) is 1.11. The monoisotopic (exact) mass is 178 g/mol. The van der Waals surface area contributed by atoms with Crippen molar-refractivity contribution in [3.63, 3.8) is 0 Å². The molecule has 0 aliphatic carbocycles. The number of hydrogen-bond donors (Lipinski definition) is 1. The maximum atomic E-state index is 11.6. The summed E-state index contributed by atoms with van der Waals surface area (Å²) < 4.78 is 11.6. The Morgan fingerprint density at radius 1 is 1.36 bits per heavy atom. The molecular weight excluding hydrogens is 159 g/mol. The fourth-order valence-corrected chi connectivity index (χ4v) is 2.76. The van der Waals surface area contributed by atoms with Gasteiger partial charge in [-0.1, -0.05) is 34.1 Å². The molecule has 0 aromatic carbocycles. The van der Waals surface area contributed by atoms with Gasteiger partial charge in [-0.3, -0.25) is 4.57 Å². The van der Waals surface area contributed by atoms with Crippen LogP contribution in [0.25, 0.3) is 0 Å². The Balaban J connectivity index is 4.18. The van der Waals surface area contributed by atoms with Crippen molar-refractivity contribution in [3.8, 4) is 0 Å². The predicted molar refractivity (Wildman–Crippen MR) is 49.3 cm³/mol. The maximum absolute atomic E-state index is 11.6. The van der Waals surface area contributed by atoms with E-state index in [1.165, 1.54) is 0 Å². The first-order chi connectivity index (χ1) is 4.92. The average molecular weight is 178 g/mol. The molecule has 0 fully saturated rings. The van der Waals surface area contributed by atoms with Gasteiger partial charge in [-0.15, -0.1) is 0 Å². The van der Waals surface area contributed by atoms with Gasteiger partial charge in [-0.2, -0.15) is 0 Å². The summed E-state index contributed by atoms with van der Waals surface area (Å²) in [7, 11) is -2.87. The predicted octanol–water partition coefficient (Wildman–Crippen LogP) is 2.85. The van der Waals surface area contributed by atoms with Crippen molar-refractivity contribution in [1.29, 1.82) is 0 Å². The largest absolute Gasteiger partial charge is 0.344 e. The summed E-state index contributed by atoms with van der Waals surface area (Å²) in [5.74, 6) is 0. The Kier molecular flexibility index (Phi) is 4.35. The third-order valence-corrected chi connectivity index (χ3v) is 5.08. The van der Waals surface area contributed by atoms with Crippen LogP contribution in [-0.4, -0.2) is 16.2 Å². The van der Waals surface area contributed by atoms with E-state index in [-0.39, 0.29) is 11.3 Å². The molecule has 1 N–H and O–H groups in total. The summed E-state index contributed by atoms with van der Waals surface area (Å²) in [6, 6.07) is 0. The van der Waals surface area contributed by atoms with Crippen LogP contribution in [0.1, 0.15) is 40.5 Å². The second-order valence-electron chi connectivity index (χ2n) is 3.40. The van der Waals surface area contributed by atoms with Crippen LogP contribution in [0, 0.1) is 0 Å². The first-order valence-electron chi connectivity index (χ1n) is 4.25. The number of hydrogen-bond acceptors (Lipinski definition) is 1. The highest BCUT2D eigenvalue weighted by Crippen LogP contribution is 2.52. The van der Waals surface area contributed by atoms with E-state index in [4.69, 9.17) is 0 Å². The minimum Gasteiger partial charge on any atom is -0.344 e. The van der Waals surface area contributed by atoms with E-state index in [2.05, 4.69) is 0 Å². The van der Waals surface area contributed by atoms with E-state index in [0.29, 0.717) is 0 Å². The molecule has 0 aromatic rings. The van der Waals surface area contributed by atoms with Crippen molar-refractivity contribution in [2.75, 3.05) is 0 Å². The van der Waals surface area contributed by atoms with Crippen molar-refractivity contribution in [2.24, 2.45) is 0 Å². The molecule has 0 saturated heterocycles. The molecular formula is C8H19O2P. The van der Waals surface area contributed by atoms with Crippen LogP contribution in [0.5, 0.6) is 0 Å². The quantitative estimate of drug-likeness (QED) is 0.672. The SMILES string of the molecule is CCCC(C)P(=O)(O)C(C)C. The smallest absolute Gasteiger partial charge is 0.205 e. The molecule has 0 rings (SSSR count). The van der Waals surface area contributed by atoms with Gasteiger partial charge in [0, 0.05) is 11.3 Å². The summed E-state index contributed by atoms with van der Waals surface area (Å²) in [4.78, 5) is 9.55. The van der Waals surface area contributed by atoms with Crippen molar-refractivity contribution in [1.82, 2.24) is 0 Å². The van der Waals surface area contributed by atoms with Gasteiger partial charge in [0.1, 0.15) is 0 Å². The second kappa shape index (κ2) is 4.27. The first kappa shape index (κ1) is 11.2. The third kappa shape index (κ3) is 2.96. The third-order valence-electron chi connectivity index (χ3n) is 2.08. The minimum absolute atomic E-state index is 0.0347. The molecule has 2 unspecified atom stereocenters. The molecule has 0 amide bonds. The Hall–Kier alpha value is 0.190. The van der Waals surface area contributed by atoms with Gasteiger partial charge in [0.2, 0.25) is 7.37 Å². The maximum Gasteiger partial charge on any atom is 0.205 e. The summed E-state index contributed by atoms with van der Waals surface area (Å²) in [5, 5.41) is 0. The molecule has 0 aliphatic rings. The molecule has 0 heterocycles. The molecule has 0 radical (unpaired) electrons. The van der Waals surface area contributed by atoms with Gasteiger partial charge >= 0.3 is 0 Å². The van der Waals surface area contributed by atoms with Crippen LogP contribution >= 0.6 is 7.37 Å². The van der Waals surface area contributed by atoms with Crippen LogP contribution in [0.15, 0.2) is 0 Å². The van der Waals surface area contributed by atoms with Gasteiger partial charge in [-0.05, 0) is 6.42 Å². The zero-order chi connectivity index (χ0) is 9.07. The van der Waals surface area contributed by atoms with Crippen LogP contribution in [0.2, 0.25) is 0 Å². The van der Waals surface area contributed by atoms with Crippen LogP contribution < -0.4 is 0 Å². The van der Waals surface area contributed by atoms with Gasteiger partial charge in [-0.25, -0.2) is 0 Å². The molecule has 11 heavy (non-hydrogen) atoms. The van der Waals surface area contributed by atoms with Crippen molar-refractivity contribution in [2.45, 2.75) is 51.9 Å². The van der Waals surface area contributed by atoms with Crippen molar-refractivity contribution >= 4 is 7.37 Å². The van der Waals surface area contributed by atoms with E-state index < -0.39 is 7.37 Å². The highest BCUT2D eigenvalue weighted by atomic mass is 31.2. The second-order valence-corrected chi connectivity index (χ2v) is 6.66. The van der Waals surface area contributed by atoms with Gasteiger partial charge < -0.3 is 4.89 Å². The Labute approximate surface area is 69.5 Å². The lowest BCUT2D eigenvalue weighted by molar-refractivity contribution is 0.451. The first-order valence-corrected chi connectivity index (χ1v) is 6.04. The molecule has 0 spiro atoms. The summed E-state index contributed by atoms with van der Waals surface area (Å²) in [6.45, 7) is 7.53. The lowest BCUT2D eigenvalue weighted by atomic mass is 10.3. The molecule has 0 bridgehead atoms. The van der Waals surface area contributed by atoms with E-state index >= 15 is 0 Å². The highest BCUT2D eigenvalue weighted by Gasteiger charge is 2.29. The summed E-state index contributed by atoms with van der Waals surface area (Å²) in [6.07, 6.45) is 1.84. The van der Waals surface area contributed by atoms with Gasteiger partial charge in [0.05, 0.1) is 0 Å². The fraction of sp³-hybridized carbons (Fsp3) is 1.00. The summed E-state index contributed by atoms with van der Waals surface area (Å²) in [5.41, 5.74) is -0.128. The molecule has 0 saturated carbocycles. The van der Waals surface area contributed by atoms with Crippen molar-refractivity contribution < 1.29 is 9.46 Å². The van der Waals surface area contributed by atoms with E-state index in [1.807, 2.05) is 27.7 Å². The average Bonchev–Trinajstić information content (AvgIpc) is 1.88. The zero-order valence-corrected chi connectivity index (χ0v) is 8.77. The van der Waals surface area contributed by atoms with E-state index in [1.54, 1.807) is 0 Å².